The highest BCUT2D eigenvalue weighted by Crippen LogP contribution is 2.22. The Bertz CT molecular complexity index is 809. The molecule has 0 aliphatic carbocycles. The third-order valence-corrected chi connectivity index (χ3v) is 4.37. The molecule has 2 heterocycles. The normalized spacial score (nSPS) is 17.1. The summed E-state index contributed by atoms with van der Waals surface area (Å²) >= 11 is 6.00. The topological polar surface area (TPSA) is 74.3 Å². The second kappa shape index (κ2) is 7.27. The van der Waals surface area contributed by atoms with Crippen LogP contribution in [-0.2, 0) is 4.79 Å². The Morgan fingerprint density at radius 2 is 2.04 bits per heavy atom. The molecular formula is C18H21ClN4O2. The molecule has 2 aromatic rings. The van der Waals surface area contributed by atoms with Crippen LogP contribution in [0.4, 0.5) is 10.6 Å². The number of benzene rings is 1. The van der Waals surface area contributed by atoms with E-state index in [-0.39, 0.29) is 18.0 Å². The summed E-state index contributed by atoms with van der Waals surface area (Å²) in [6, 6.07) is 8.42. The second-order valence-corrected chi connectivity index (χ2v) is 6.91. The highest BCUT2D eigenvalue weighted by molar-refractivity contribution is 6.31. The van der Waals surface area contributed by atoms with Crippen LogP contribution in [0.5, 0.6) is 0 Å². The predicted octanol–water partition coefficient (Wildman–Crippen LogP) is 3.41. The Hall–Kier alpha value is -2.34. The van der Waals surface area contributed by atoms with E-state index in [0.717, 1.165) is 11.8 Å². The molecule has 1 atom stereocenters. The first-order chi connectivity index (χ1) is 11.9. The Labute approximate surface area is 151 Å². The van der Waals surface area contributed by atoms with E-state index in [0.29, 0.717) is 29.3 Å². The van der Waals surface area contributed by atoms with Crippen LogP contribution in [0.2, 0.25) is 5.02 Å². The lowest BCUT2D eigenvalue weighted by molar-refractivity contribution is -0.119. The number of urea groups is 1. The minimum Gasteiger partial charge on any atom is -0.336 e. The van der Waals surface area contributed by atoms with Crippen molar-refractivity contribution in [3.8, 4) is 0 Å². The number of likely N-dealkylation sites (tertiary alicyclic amines) is 1. The molecule has 0 saturated carbocycles. The van der Waals surface area contributed by atoms with Gasteiger partial charge in [0.25, 0.3) is 0 Å². The Balaban J connectivity index is 1.73. The highest BCUT2D eigenvalue weighted by atomic mass is 35.5. The molecule has 1 aliphatic heterocycles. The van der Waals surface area contributed by atoms with Crippen molar-refractivity contribution in [2.75, 3.05) is 11.9 Å². The summed E-state index contributed by atoms with van der Waals surface area (Å²) < 4.78 is 0. The molecule has 1 aromatic heterocycles. The fraction of sp³-hybridized carbons (Fsp3) is 0.389. The second-order valence-electron chi connectivity index (χ2n) is 6.48. The number of rotatable bonds is 3. The van der Waals surface area contributed by atoms with Gasteiger partial charge in [0.2, 0.25) is 5.91 Å². The van der Waals surface area contributed by atoms with Crippen LogP contribution in [0, 0.1) is 0 Å². The average Bonchev–Trinajstić information content (AvgIpc) is 3.03. The Morgan fingerprint density at radius 3 is 2.80 bits per heavy atom. The molecular weight excluding hydrogens is 340 g/mol. The molecule has 25 heavy (non-hydrogen) atoms. The zero-order valence-electron chi connectivity index (χ0n) is 14.3. The minimum absolute atomic E-state index is 0.0312. The van der Waals surface area contributed by atoms with Crippen LogP contribution in [0.25, 0.3) is 10.9 Å². The number of hydrogen-bond acceptors (Lipinski definition) is 3. The van der Waals surface area contributed by atoms with Gasteiger partial charge in [0.1, 0.15) is 11.9 Å². The van der Waals surface area contributed by atoms with Crippen molar-refractivity contribution < 1.29 is 9.59 Å². The first kappa shape index (κ1) is 17.5. The van der Waals surface area contributed by atoms with Gasteiger partial charge in [-0.25, -0.2) is 9.78 Å². The summed E-state index contributed by atoms with van der Waals surface area (Å²) in [5.41, 5.74) is 0.714. The number of anilines is 1. The molecule has 0 bridgehead atoms. The third-order valence-electron chi connectivity index (χ3n) is 4.13. The summed E-state index contributed by atoms with van der Waals surface area (Å²) in [5.74, 6) is 0.237. The summed E-state index contributed by atoms with van der Waals surface area (Å²) in [6.07, 6.45) is 1.46. The molecule has 2 N–H and O–H groups in total. The molecule has 132 valence electrons. The van der Waals surface area contributed by atoms with E-state index in [1.807, 2.05) is 26.0 Å². The number of hydrogen-bond donors (Lipinski definition) is 2. The minimum atomic E-state index is -0.476. The third kappa shape index (κ3) is 4.02. The van der Waals surface area contributed by atoms with Crippen LogP contribution < -0.4 is 10.6 Å². The molecule has 7 heteroatoms. The maximum Gasteiger partial charge on any atom is 0.318 e. The number of nitrogens with zero attached hydrogens (tertiary/aromatic N) is 2. The number of carbonyl (C=O) groups excluding carboxylic acids is 2. The molecule has 3 amide bonds. The van der Waals surface area contributed by atoms with Gasteiger partial charge in [-0.05, 0) is 51.0 Å². The molecule has 6 nitrogen and oxygen atoms in total. The lowest BCUT2D eigenvalue weighted by Crippen LogP contribution is -2.49. The standard InChI is InChI=1S/C18H21ClN4O2/c1-11(2)20-18(25)23-9-3-4-15(23)17(24)22-16-8-6-12-5-7-13(19)10-14(12)21-16/h5-8,10-11,15H,3-4,9H2,1-2H3,(H,20,25)(H,21,22,24)/t15-/m0/s1. The number of pyridine rings is 1. The van der Waals surface area contributed by atoms with E-state index in [9.17, 15) is 9.59 Å². The average molecular weight is 361 g/mol. The van der Waals surface area contributed by atoms with Crippen LogP contribution in [0.1, 0.15) is 26.7 Å². The highest BCUT2D eigenvalue weighted by Gasteiger charge is 2.34. The van der Waals surface area contributed by atoms with Crippen molar-refractivity contribution in [3.63, 3.8) is 0 Å². The lowest BCUT2D eigenvalue weighted by Gasteiger charge is -2.25. The zero-order chi connectivity index (χ0) is 18.0. The first-order valence-corrected chi connectivity index (χ1v) is 8.76. The number of amides is 3. The van der Waals surface area contributed by atoms with Gasteiger partial charge in [0.05, 0.1) is 5.52 Å². The van der Waals surface area contributed by atoms with E-state index in [4.69, 9.17) is 11.6 Å². The number of aromatic nitrogens is 1. The monoisotopic (exact) mass is 360 g/mol. The maximum absolute atomic E-state index is 12.6. The van der Waals surface area contributed by atoms with Crippen LogP contribution in [0.15, 0.2) is 30.3 Å². The van der Waals surface area contributed by atoms with Crippen LogP contribution in [-0.4, -0.2) is 40.5 Å². The van der Waals surface area contributed by atoms with Gasteiger partial charge in [-0.1, -0.05) is 17.7 Å². The number of carbonyl (C=O) groups is 2. The number of nitrogens with one attached hydrogen (secondary N) is 2. The maximum atomic E-state index is 12.6. The van der Waals surface area contributed by atoms with Crippen molar-refractivity contribution in [1.82, 2.24) is 15.2 Å². The van der Waals surface area contributed by atoms with Gasteiger partial charge in [-0.3, -0.25) is 4.79 Å². The SMILES string of the molecule is CC(C)NC(=O)N1CCC[C@H]1C(=O)Nc1ccc2ccc(Cl)cc2n1. The number of fused-ring (bicyclic) bond motifs is 1. The van der Waals surface area contributed by atoms with E-state index >= 15 is 0 Å². The Kier molecular flexibility index (Phi) is 5.08. The zero-order valence-corrected chi connectivity index (χ0v) is 15.0. The van der Waals surface area contributed by atoms with E-state index in [1.165, 1.54) is 0 Å². The van der Waals surface area contributed by atoms with Crippen molar-refractivity contribution in [2.45, 2.75) is 38.8 Å². The van der Waals surface area contributed by atoms with Gasteiger partial charge >= 0.3 is 6.03 Å². The molecule has 1 aliphatic rings. The van der Waals surface area contributed by atoms with Gasteiger partial charge < -0.3 is 15.5 Å². The number of halogens is 1. The van der Waals surface area contributed by atoms with Crippen molar-refractivity contribution in [3.05, 3.63) is 35.4 Å². The van der Waals surface area contributed by atoms with E-state index in [1.54, 1.807) is 23.1 Å². The van der Waals surface area contributed by atoms with Gasteiger partial charge in [-0.2, -0.15) is 0 Å². The predicted molar refractivity (Wildman–Crippen MR) is 98.8 cm³/mol. The van der Waals surface area contributed by atoms with Crippen molar-refractivity contribution >= 4 is 40.3 Å². The summed E-state index contributed by atoms with van der Waals surface area (Å²) in [4.78, 5) is 30.9. The summed E-state index contributed by atoms with van der Waals surface area (Å²) in [6.45, 7) is 4.37. The smallest absolute Gasteiger partial charge is 0.318 e. The summed E-state index contributed by atoms with van der Waals surface area (Å²) in [5, 5.41) is 7.20. The molecule has 0 unspecified atom stereocenters. The van der Waals surface area contributed by atoms with Gasteiger partial charge in [0, 0.05) is 23.0 Å². The molecule has 0 radical (unpaired) electrons. The van der Waals surface area contributed by atoms with Gasteiger partial charge in [0.15, 0.2) is 0 Å². The fourth-order valence-corrected chi connectivity index (χ4v) is 3.15. The van der Waals surface area contributed by atoms with Gasteiger partial charge in [-0.15, -0.1) is 0 Å². The first-order valence-electron chi connectivity index (χ1n) is 8.38. The molecule has 1 aromatic carbocycles. The summed E-state index contributed by atoms with van der Waals surface area (Å²) in [7, 11) is 0. The largest absolute Gasteiger partial charge is 0.336 e. The Morgan fingerprint density at radius 1 is 1.28 bits per heavy atom. The lowest BCUT2D eigenvalue weighted by atomic mass is 10.2. The molecule has 1 fully saturated rings. The van der Waals surface area contributed by atoms with Crippen LogP contribution in [0.3, 0.4) is 0 Å². The fourth-order valence-electron chi connectivity index (χ4n) is 2.98. The van der Waals surface area contributed by atoms with Crippen LogP contribution >= 0.6 is 11.6 Å². The quantitative estimate of drug-likeness (QED) is 0.880. The molecule has 1 saturated heterocycles. The van der Waals surface area contributed by atoms with E-state index in [2.05, 4.69) is 15.6 Å². The molecule has 3 rings (SSSR count). The van der Waals surface area contributed by atoms with E-state index < -0.39 is 6.04 Å². The van der Waals surface area contributed by atoms with Crippen molar-refractivity contribution in [1.29, 1.82) is 0 Å². The van der Waals surface area contributed by atoms with Crippen molar-refractivity contribution in [2.24, 2.45) is 0 Å². The molecule has 0 spiro atoms.